The van der Waals surface area contributed by atoms with Crippen LogP contribution in [-0.2, 0) is 14.8 Å². The van der Waals surface area contributed by atoms with Crippen molar-refractivity contribution in [1.82, 2.24) is 4.72 Å². The number of anilines is 1. The Balaban J connectivity index is 1.87. The number of thioether (sulfide) groups is 2. The Kier molecular flexibility index (Phi) is 5.98. The summed E-state index contributed by atoms with van der Waals surface area (Å²) in [7, 11) is -3.25. The molecule has 1 amide bonds. The Morgan fingerprint density at radius 2 is 2.05 bits per heavy atom. The number of nitrogens with one attached hydrogen (secondary N) is 2. The van der Waals surface area contributed by atoms with Crippen LogP contribution in [0.4, 0.5) is 5.69 Å². The van der Waals surface area contributed by atoms with Gasteiger partial charge in [-0.15, -0.1) is 23.5 Å². The molecule has 1 aromatic rings. The van der Waals surface area contributed by atoms with E-state index in [2.05, 4.69) is 16.1 Å². The molecular weight excluding hydrogens is 328 g/mol. The van der Waals surface area contributed by atoms with E-state index in [4.69, 9.17) is 0 Å². The van der Waals surface area contributed by atoms with Crippen molar-refractivity contribution >= 4 is 45.1 Å². The smallest absolute Gasteiger partial charge is 0.225 e. The van der Waals surface area contributed by atoms with Gasteiger partial charge in [0.25, 0.3) is 0 Å². The Morgan fingerprint density at radius 1 is 1.33 bits per heavy atom. The number of carbonyl (C=O) groups is 1. The fourth-order valence-electron chi connectivity index (χ4n) is 1.89. The van der Waals surface area contributed by atoms with Gasteiger partial charge >= 0.3 is 0 Å². The lowest BCUT2D eigenvalue weighted by Crippen LogP contribution is -2.26. The highest BCUT2D eigenvalue weighted by Gasteiger charge is 2.18. The lowest BCUT2D eigenvalue weighted by Gasteiger charge is -2.11. The summed E-state index contributed by atoms with van der Waals surface area (Å²) in [6, 6.07) is 7.82. The molecule has 1 aliphatic rings. The number of hydrogen-bond donors (Lipinski definition) is 2. The van der Waals surface area contributed by atoms with Crippen molar-refractivity contribution in [2.75, 3.05) is 29.6 Å². The molecule has 1 fully saturated rings. The molecule has 0 atom stereocenters. The highest BCUT2D eigenvalue weighted by molar-refractivity contribution is 8.19. The molecule has 2 rings (SSSR count). The van der Waals surface area contributed by atoms with Crippen molar-refractivity contribution in [2.24, 2.45) is 0 Å². The van der Waals surface area contributed by atoms with E-state index in [-0.39, 0.29) is 18.9 Å². The van der Waals surface area contributed by atoms with E-state index in [1.165, 1.54) is 5.56 Å². The third-order valence-electron chi connectivity index (χ3n) is 2.78. The fraction of sp³-hybridized carbons (Fsp3) is 0.462. The quantitative estimate of drug-likeness (QED) is 0.824. The summed E-state index contributed by atoms with van der Waals surface area (Å²) in [5, 5.41) is 2.80. The zero-order valence-corrected chi connectivity index (χ0v) is 14.1. The Hall–Kier alpha value is -0.700. The zero-order chi connectivity index (χ0) is 15.3. The molecule has 0 aliphatic carbocycles. The minimum Gasteiger partial charge on any atom is -0.326 e. The minimum absolute atomic E-state index is 0.110. The summed E-state index contributed by atoms with van der Waals surface area (Å²) >= 11 is 3.83. The van der Waals surface area contributed by atoms with Crippen LogP contribution in [0.15, 0.2) is 24.3 Å². The molecule has 0 spiro atoms. The number of carbonyl (C=O) groups excluding carboxylic acids is 1. The normalized spacial score (nSPS) is 16.0. The molecule has 1 aliphatic heterocycles. The first-order valence-corrected chi connectivity index (χ1v) is 10.5. The molecule has 0 radical (unpaired) electrons. The maximum Gasteiger partial charge on any atom is 0.225 e. The summed E-state index contributed by atoms with van der Waals surface area (Å²) in [6.45, 7) is 0.110. The molecule has 0 unspecified atom stereocenters. The average Bonchev–Trinajstić information content (AvgIpc) is 2.91. The SMILES string of the molecule is CS(=O)(=O)NCCC(=O)Nc1cccc(C2SCCS2)c1. The van der Waals surface area contributed by atoms with Gasteiger partial charge in [0.15, 0.2) is 0 Å². The topological polar surface area (TPSA) is 75.3 Å². The van der Waals surface area contributed by atoms with Gasteiger partial charge in [-0.25, -0.2) is 13.1 Å². The summed E-state index contributed by atoms with van der Waals surface area (Å²) in [4.78, 5) is 11.8. The molecule has 1 aromatic carbocycles. The molecule has 1 heterocycles. The van der Waals surface area contributed by atoms with Gasteiger partial charge in [-0.2, -0.15) is 0 Å². The largest absolute Gasteiger partial charge is 0.326 e. The van der Waals surface area contributed by atoms with Crippen LogP contribution in [-0.4, -0.2) is 38.6 Å². The van der Waals surface area contributed by atoms with E-state index in [9.17, 15) is 13.2 Å². The summed E-state index contributed by atoms with van der Waals surface area (Å²) < 4.78 is 24.6. The minimum atomic E-state index is -3.25. The van der Waals surface area contributed by atoms with E-state index >= 15 is 0 Å². The van der Waals surface area contributed by atoms with E-state index < -0.39 is 10.0 Å². The van der Waals surface area contributed by atoms with Gasteiger partial charge in [0, 0.05) is 30.2 Å². The van der Waals surface area contributed by atoms with Crippen LogP contribution >= 0.6 is 23.5 Å². The molecule has 116 valence electrons. The molecule has 1 saturated heterocycles. The Labute approximate surface area is 133 Å². The summed E-state index contributed by atoms with van der Waals surface area (Å²) in [6.07, 6.45) is 1.19. The number of sulfonamides is 1. The molecule has 0 bridgehead atoms. The van der Waals surface area contributed by atoms with Crippen LogP contribution in [0.25, 0.3) is 0 Å². The van der Waals surface area contributed by atoms with Crippen molar-refractivity contribution in [1.29, 1.82) is 0 Å². The maximum atomic E-state index is 11.8. The van der Waals surface area contributed by atoms with E-state index in [1.54, 1.807) is 0 Å². The zero-order valence-electron chi connectivity index (χ0n) is 11.7. The average molecular weight is 346 g/mol. The molecule has 5 nitrogen and oxygen atoms in total. The van der Waals surface area contributed by atoms with Crippen molar-refractivity contribution in [3.05, 3.63) is 29.8 Å². The van der Waals surface area contributed by atoms with Crippen molar-refractivity contribution in [2.45, 2.75) is 11.0 Å². The van der Waals surface area contributed by atoms with E-state index in [1.807, 2.05) is 41.7 Å². The van der Waals surface area contributed by atoms with Crippen LogP contribution < -0.4 is 10.0 Å². The van der Waals surface area contributed by atoms with Crippen LogP contribution in [0.5, 0.6) is 0 Å². The van der Waals surface area contributed by atoms with Crippen molar-refractivity contribution in [3.8, 4) is 0 Å². The predicted molar refractivity (Wildman–Crippen MR) is 90.2 cm³/mol. The monoisotopic (exact) mass is 346 g/mol. The highest BCUT2D eigenvalue weighted by atomic mass is 32.2. The first kappa shape index (κ1) is 16.7. The molecular formula is C13H18N2O3S3. The summed E-state index contributed by atoms with van der Waals surface area (Å²) in [5.41, 5.74) is 1.96. The number of rotatable bonds is 6. The lowest BCUT2D eigenvalue weighted by molar-refractivity contribution is -0.116. The van der Waals surface area contributed by atoms with E-state index in [0.717, 1.165) is 23.4 Å². The standard InChI is InChI=1S/C13H18N2O3S3/c1-21(17,18)14-6-5-12(16)15-11-4-2-3-10(9-11)13-19-7-8-20-13/h2-4,9,13-14H,5-8H2,1H3,(H,15,16). The number of benzene rings is 1. The van der Waals surface area contributed by atoms with Gasteiger partial charge in [0.2, 0.25) is 15.9 Å². The van der Waals surface area contributed by atoms with Crippen LogP contribution in [0.1, 0.15) is 16.6 Å². The maximum absolute atomic E-state index is 11.8. The second kappa shape index (κ2) is 7.53. The van der Waals surface area contributed by atoms with Crippen molar-refractivity contribution in [3.63, 3.8) is 0 Å². The third kappa shape index (κ3) is 5.90. The second-order valence-corrected chi connectivity index (χ2v) is 9.22. The molecule has 0 aromatic heterocycles. The van der Waals surface area contributed by atoms with Gasteiger partial charge in [-0.3, -0.25) is 4.79 Å². The van der Waals surface area contributed by atoms with Gasteiger partial charge in [-0.05, 0) is 17.7 Å². The third-order valence-corrected chi connectivity index (χ3v) is 6.61. The lowest BCUT2D eigenvalue weighted by atomic mass is 10.2. The van der Waals surface area contributed by atoms with Gasteiger partial charge in [-0.1, -0.05) is 12.1 Å². The van der Waals surface area contributed by atoms with Crippen molar-refractivity contribution < 1.29 is 13.2 Å². The first-order chi connectivity index (χ1) is 9.94. The summed E-state index contributed by atoms with van der Waals surface area (Å²) in [5.74, 6) is 2.11. The van der Waals surface area contributed by atoms with Gasteiger partial charge in [0.05, 0.1) is 10.8 Å². The van der Waals surface area contributed by atoms with Crippen LogP contribution in [0.2, 0.25) is 0 Å². The molecule has 2 N–H and O–H groups in total. The first-order valence-electron chi connectivity index (χ1n) is 6.52. The predicted octanol–water partition coefficient (Wildman–Crippen LogP) is 2.04. The number of hydrogen-bond acceptors (Lipinski definition) is 5. The molecule has 21 heavy (non-hydrogen) atoms. The van der Waals surface area contributed by atoms with Crippen LogP contribution in [0.3, 0.4) is 0 Å². The molecule has 0 saturated carbocycles. The fourth-order valence-corrected chi connectivity index (χ4v) is 5.20. The Morgan fingerprint density at radius 3 is 2.71 bits per heavy atom. The van der Waals surface area contributed by atoms with Crippen LogP contribution in [0, 0.1) is 0 Å². The van der Waals surface area contributed by atoms with E-state index in [0.29, 0.717) is 4.58 Å². The van der Waals surface area contributed by atoms with Gasteiger partial charge < -0.3 is 5.32 Å². The molecule has 8 heteroatoms. The second-order valence-electron chi connectivity index (χ2n) is 4.66. The van der Waals surface area contributed by atoms with Gasteiger partial charge in [0.1, 0.15) is 0 Å². The number of amides is 1. The Bertz CT molecular complexity index is 598. The highest BCUT2D eigenvalue weighted by Crippen LogP contribution is 2.45.